The average Bonchev–Trinajstić information content (AvgIpc) is 3.49. The molecule has 1 heterocycles. The van der Waals surface area contributed by atoms with Crippen LogP contribution >= 0.6 is 11.3 Å². The number of ether oxygens (including phenoxy) is 1. The maximum atomic E-state index is 13.4. The molecule has 9 heteroatoms. The Kier molecular flexibility index (Phi) is 11.5. The van der Waals surface area contributed by atoms with Gasteiger partial charge in [-0.1, -0.05) is 80.4 Å². The minimum absolute atomic E-state index is 0.0755. The Morgan fingerprint density at radius 3 is 2.34 bits per heavy atom. The lowest BCUT2D eigenvalue weighted by atomic mass is 9.93. The predicted octanol–water partition coefficient (Wildman–Crippen LogP) is 7.46. The molecule has 2 atom stereocenters. The number of rotatable bonds is 15. The van der Waals surface area contributed by atoms with Crippen molar-refractivity contribution in [3.8, 4) is 21.6 Å². The number of hydrogen-bond acceptors (Lipinski definition) is 6. The molecule has 7 nitrogen and oxygen atoms in total. The highest BCUT2D eigenvalue weighted by Gasteiger charge is 2.24. The Balaban J connectivity index is 1.59. The number of thiophene rings is 1. The number of hydrogen-bond donors (Lipinski definition) is 2. The summed E-state index contributed by atoms with van der Waals surface area (Å²) in [4.78, 5) is 27.6. The van der Waals surface area contributed by atoms with E-state index in [4.69, 9.17) is 4.74 Å². The van der Waals surface area contributed by atoms with Crippen molar-refractivity contribution in [3.63, 3.8) is 0 Å². The lowest BCUT2D eigenvalue weighted by Crippen LogP contribution is -2.42. The minimum Gasteiger partial charge on any atom is -0.480 e. The van der Waals surface area contributed by atoms with E-state index in [0.29, 0.717) is 17.7 Å². The first-order valence-electron chi connectivity index (χ1n) is 14.7. The molecule has 0 bridgehead atoms. The Hall–Kier alpha value is -3.79. The molecule has 0 spiro atoms. The fourth-order valence-corrected chi connectivity index (χ4v) is 6.74. The molecule has 4 rings (SSSR count). The number of sulfone groups is 1. The molecule has 0 radical (unpaired) electrons. The Morgan fingerprint density at radius 1 is 0.932 bits per heavy atom. The molecule has 1 amide bonds. The molecule has 232 valence electrons. The van der Waals surface area contributed by atoms with Crippen molar-refractivity contribution < 1.29 is 27.9 Å². The fraction of sp³-hybridized carbons (Fsp3) is 0.314. The number of carboxylic acid groups (broad SMARTS) is 1. The van der Waals surface area contributed by atoms with Crippen molar-refractivity contribution in [2.24, 2.45) is 0 Å². The molecule has 4 aromatic rings. The highest BCUT2D eigenvalue weighted by atomic mass is 32.2. The second kappa shape index (κ2) is 15.3. The Morgan fingerprint density at radius 2 is 1.66 bits per heavy atom. The maximum Gasteiger partial charge on any atom is 0.326 e. The van der Waals surface area contributed by atoms with Gasteiger partial charge in [0.05, 0.1) is 18.5 Å². The lowest BCUT2D eigenvalue weighted by molar-refractivity contribution is -0.139. The SMILES string of the molecule is CCCC[C@@H](OCc1ccc(C(=O)N[C@@H](CCS(C)(=O)=O)C(=O)O)c(-c2ccccc2C)c1)c1ccc(-c2ccccc2)s1. The van der Waals surface area contributed by atoms with Crippen molar-refractivity contribution >= 4 is 33.1 Å². The summed E-state index contributed by atoms with van der Waals surface area (Å²) in [5.41, 5.74) is 4.82. The first-order valence-corrected chi connectivity index (χ1v) is 17.6. The number of aliphatic carboxylic acids is 1. The van der Waals surface area contributed by atoms with E-state index in [9.17, 15) is 23.1 Å². The highest BCUT2D eigenvalue weighted by molar-refractivity contribution is 7.90. The molecule has 1 aromatic heterocycles. The highest BCUT2D eigenvalue weighted by Crippen LogP contribution is 2.36. The fourth-order valence-electron chi connectivity index (χ4n) is 4.98. The number of unbranched alkanes of at least 4 members (excludes halogenated alkanes) is 1. The van der Waals surface area contributed by atoms with Gasteiger partial charge >= 0.3 is 5.97 Å². The zero-order valence-electron chi connectivity index (χ0n) is 25.3. The molecule has 0 aliphatic heterocycles. The van der Waals surface area contributed by atoms with E-state index in [-0.39, 0.29) is 18.3 Å². The topological polar surface area (TPSA) is 110 Å². The van der Waals surface area contributed by atoms with Gasteiger partial charge in [0.2, 0.25) is 0 Å². The van der Waals surface area contributed by atoms with Crippen molar-refractivity contribution in [1.29, 1.82) is 0 Å². The first-order chi connectivity index (χ1) is 21.1. The van der Waals surface area contributed by atoms with Crippen molar-refractivity contribution in [2.75, 3.05) is 12.0 Å². The molecule has 44 heavy (non-hydrogen) atoms. The largest absolute Gasteiger partial charge is 0.480 e. The molecule has 0 aliphatic carbocycles. The smallest absolute Gasteiger partial charge is 0.326 e. The van der Waals surface area contributed by atoms with Crippen LogP contribution in [0.2, 0.25) is 0 Å². The van der Waals surface area contributed by atoms with Crippen LogP contribution in [0.4, 0.5) is 0 Å². The average molecular weight is 634 g/mol. The molecule has 0 saturated carbocycles. The second-order valence-electron chi connectivity index (χ2n) is 11.0. The van der Waals surface area contributed by atoms with Gasteiger partial charge in [0, 0.05) is 21.6 Å². The van der Waals surface area contributed by atoms with E-state index in [1.165, 1.54) is 15.3 Å². The molecule has 0 saturated heterocycles. The van der Waals surface area contributed by atoms with Gasteiger partial charge in [-0.15, -0.1) is 11.3 Å². The quantitative estimate of drug-likeness (QED) is 0.141. The van der Waals surface area contributed by atoms with Crippen molar-refractivity contribution in [2.45, 2.75) is 58.3 Å². The van der Waals surface area contributed by atoms with E-state index in [1.807, 2.05) is 61.5 Å². The number of aryl methyl sites for hydroxylation is 1. The first kappa shape index (κ1) is 33.1. The molecular weight excluding hydrogens is 595 g/mol. The molecular formula is C35H39NO6S2. The third kappa shape index (κ3) is 9.11. The Bertz CT molecular complexity index is 1680. The number of benzene rings is 3. The number of carboxylic acids is 1. The summed E-state index contributed by atoms with van der Waals surface area (Å²) in [5.74, 6) is -2.21. The molecule has 0 aliphatic rings. The second-order valence-corrected chi connectivity index (χ2v) is 14.4. The van der Waals surface area contributed by atoms with Crippen LogP contribution in [0, 0.1) is 6.92 Å². The van der Waals surface area contributed by atoms with Crippen LogP contribution in [-0.2, 0) is 26.0 Å². The summed E-state index contributed by atoms with van der Waals surface area (Å²) >= 11 is 1.74. The lowest BCUT2D eigenvalue weighted by Gasteiger charge is -2.19. The van der Waals surface area contributed by atoms with Crippen LogP contribution in [0.1, 0.15) is 65.1 Å². The van der Waals surface area contributed by atoms with E-state index >= 15 is 0 Å². The van der Waals surface area contributed by atoms with Crippen LogP contribution in [0.5, 0.6) is 0 Å². The monoisotopic (exact) mass is 633 g/mol. The number of nitrogens with one attached hydrogen (secondary N) is 1. The van der Waals surface area contributed by atoms with Gasteiger partial charge in [-0.25, -0.2) is 13.2 Å². The van der Waals surface area contributed by atoms with Gasteiger partial charge in [0.25, 0.3) is 5.91 Å². The number of carbonyl (C=O) groups excluding carboxylic acids is 1. The summed E-state index contributed by atoms with van der Waals surface area (Å²) < 4.78 is 29.8. The Labute approximate surface area is 263 Å². The molecule has 0 fully saturated rings. The van der Waals surface area contributed by atoms with Crippen LogP contribution in [0.15, 0.2) is 84.9 Å². The zero-order chi connectivity index (χ0) is 31.7. The maximum absolute atomic E-state index is 13.4. The van der Waals surface area contributed by atoms with E-state index in [1.54, 1.807) is 17.4 Å². The summed E-state index contributed by atoms with van der Waals surface area (Å²) in [6.45, 7) is 4.45. The van der Waals surface area contributed by atoms with Crippen molar-refractivity contribution in [1.82, 2.24) is 5.32 Å². The number of carbonyl (C=O) groups is 2. The third-order valence-corrected chi connectivity index (χ3v) is 9.62. The normalized spacial score (nSPS) is 12.9. The third-order valence-electron chi connectivity index (χ3n) is 7.42. The van der Waals surface area contributed by atoms with Gasteiger partial charge in [-0.05, 0) is 71.8 Å². The summed E-state index contributed by atoms with van der Waals surface area (Å²) in [6, 6.07) is 26.3. The van der Waals surface area contributed by atoms with Gasteiger partial charge in [0.1, 0.15) is 15.9 Å². The molecule has 2 N–H and O–H groups in total. The predicted molar refractivity (Wildman–Crippen MR) is 177 cm³/mol. The van der Waals surface area contributed by atoms with Gasteiger partial charge in [-0.3, -0.25) is 4.79 Å². The van der Waals surface area contributed by atoms with Crippen LogP contribution in [-0.4, -0.2) is 43.5 Å². The standard InChI is InChI=1S/C35H39NO6S2/c1-4-5-15-31(33-19-18-32(43-33)26-12-7-6-8-13-26)42-23-25-16-17-28(29(22-25)27-14-10-9-11-24(27)2)34(37)36-30(35(38)39)20-21-44(3,40)41/h6-14,16-19,22,30-31H,4-5,15,20-21,23H2,1-3H3,(H,36,37)(H,38,39)/t30-,31+/m0/s1. The van der Waals surface area contributed by atoms with Gasteiger partial charge < -0.3 is 15.2 Å². The molecule has 3 aromatic carbocycles. The minimum atomic E-state index is -3.40. The van der Waals surface area contributed by atoms with Gasteiger partial charge in [0.15, 0.2) is 0 Å². The van der Waals surface area contributed by atoms with Crippen LogP contribution in [0.3, 0.4) is 0 Å². The molecule has 0 unspecified atom stereocenters. The van der Waals surface area contributed by atoms with Crippen LogP contribution in [0.25, 0.3) is 21.6 Å². The summed E-state index contributed by atoms with van der Waals surface area (Å²) in [7, 11) is -3.40. The van der Waals surface area contributed by atoms with Crippen LogP contribution < -0.4 is 5.32 Å². The zero-order valence-corrected chi connectivity index (χ0v) is 26.9. The summed E-state index contributed by atoms with van der Waals surface area (Å²) in [6.07, 6.45) is 3.71. The number of amides is 1. The van der Waals surface area contributed by atoms with Gasteiger partial charge in [-0.2, -0.15) is 0 Å². The van der Waals surface area contributed by atoms with E-state index < -0.39 is 27.8 Å². The van der Waals surface area contributed by atoms with Crippen molar-refractivity contribution in [3.05, 3.63) is 106 Å². The van der Waals surface area contributed by atoms with E-state index in [2.05, 4.69) is 36.5 Å². The summed E-state index contributed by atoms with van der Waals surface area (Å²) in [5, 5.41) is 12.2. The van der Waals surface area contributed by atoms with E-state index in [0.717, 1.165) is 42.2 Å².